The summed E-state index contributed by atoms with van der Waals surface area (Å²) in [6.45, 7) is 4.29. The van der Waals surface area contributed by atoms with Gasteiger partial charge in [0.2, 0.25) is 5.91 Å². The molecule has 0 radical (unpaired) electrons. The molecule has 7 nitrogen and oxygen atoms in total. The van der Waals surface area contributed by atoms with Gasteiger partial charge in [0, 0.05) is 31.0 Å². The fourth-order valence-electron chi connectivity index (χ4n) is 5.10. The number of carbonyl (C=O) groups excluding carboxylic acids is 2. The number of piperidine rings is 1. The molecule has 2 aliphatic rings. The van der Waals surface area contributed by atoms with Crippen LogP contribution < -0.4 is 5.32 Å². The largest absolute Gasteiger partial charge is 0.481 e. The highest BCUT2D eigenvalue weighted by Gasteiger charge is 2.35. The predicted octanol–water partition coefficient (Wildman–Crippen LogP) is 4.02. The second-order valence-corrected chi connectivity index (χ2v) is 8.99. The number of carbonyl (C=O) groups is 3. The highest BCUT2D eigenvalue weighted by molar-refractivity contribution is 5.80. The van der Waals surface area contributed by atoms with Crippen molar-refractivity contribution in [2.45, 2.75) is 51.1 Å². The number of hydrogen-bond acceptors (Lipinski definition) is 4. The van der Waals surface area contributed by atoms with E-state index >= 15 is 0 Å². The fraction of sp³-hybridized carbons (Fsp3) is 0.423. The average molecular weight is 451 g/mol. The number of rotatable bonds is 6. The van der Waals surface area contributed by atoms with Gasteiger partial charge in [0.25, 0.3) is 0 Å². The van der Waals surface area contributed by atoms with Crippen LogP contribution in [0.5, 0.6) is 0 Å². The summed E-state index contributed by atoms with van der Waals surface area (Å²) < 4.78 is 5.55. The lowest BCUT2D eigenvalue weighted by Gasteiger charge is -2.38. The summed E-state index contributed by atoms with van der Waals surface area (Å²) in [6, 6.07) is 15.5. The Morgan fingerprint density at radius 3 is 2.30 bits per heavy atom. The number of likely N-dealkylation sites (tertiary alicyclic amines) is 1. The fourth-order valence-corrected chi connectivity index (χ4v) is 5.10. The number of carboxylic acids is 1. The molecule has 0 bridgehead atoms. The van der Waals surface area contributed by atoms with E-state index < -0.39 is 24.0 Å². The summed E-state index contributed by atoms with van der Waals surface area (Å²) in [5, 5.41) is 12.1. The molecule has 2 aromatic carbocycles. The van der Waals surface area contributed by atoms with Crippen molar-refractivity contribution >= 4 is 18.0 Å². The van der Waals surface area contributed by atoms with Gasteiger partial charge in [-0.15, -0.1) is 0 Å². The van der Waals surface area contributed by atoms with Crippen LogP contribution >= 0.6 is 0 Å². The minimum absolute atomic E-state index is 0.0257. The molecular weight excluding hydrogens is 420 g/mol. The first-order valence-corrected chi connectivity index (χ1v) is 11.5. The van der Waals surface area contributed by atoms with Gasteiger partial charge in [-0.1, -0.05) is 48.5 Å². The topological polar surface area (TPSA) is 95.9 Å². The van der Waals surface area contributed by atoms with Crippen molar-refractivity contribution in [2.24, 2.45) is 5.92 Å². The van der Waals surface area contributed by atoms with Crippen LogP contribution in [-0.4, -0.2) is 53.2 Å². The van der Waals surface area contributed by atoms with Crippen LogP contribution in [0.1, 0.15) is 50.2 Å². The average Bonchev–Trinajstić information content (AvgIpc) is 3.11. The van der Waals surface area contributed by atoms with Gasteiger partial charge in [-0.2, -0.15) is 0 Å². The number of hydrogen-bond donors (Lipinski definition) is 2. The zero-order chi connectivity index (χ0) is 23.5. The molecule has 0 unspecified atom stereocenters. The highest BCUT2D eigenvalue weighted by atomic mass is 16.5. The maximum atomic E-state index is 12.8. The van der Waals surface area contributed by atoms with E-state index in [0.29, 0.717) is 19.4 Å². The molecular formula is C26H30N2O5. The number of amides is 2. The number of alkyl carbamates (subject to hydrolysis) is 1. The number of aliphatic carboxylic acids is 1. The van der Waals surface area contributed by atoms with Gasteiger partial charge < -0.3 is 20.1 Å². The van der Waals surface area contributed by atoms with E-state index in [1.54, 1.807) is 18.7 Å². The lowest BCUT2D eigenvalue weighted by Crippen LogP contribution is -2.50. The predicted molar refractivity (Wildman–Crippen MR) is 124 cm³/mol. The van der Waals surface area contributed by atoms with Crippen molar-refractivity contribution in [2.75, 3.05) is 13.2 Å². The molecule has 33 heavy (non-hydrogen) atoms. The number of carboxylic acid groups (broad SMARTS) is 1. The third-order valence-electron chi connectivity index (χ3n) is 6.81. The molecule has 2 N–H and O–H groups in total. The molecule has 3 atom stereocenters. The van der Waals surface area contributed by atoms with Crippen molar-refractivity contribution < 1.29 is 24.2 Å². The Labute approximate surface area is 193 Å². The number of benzene rings is 2. The minimum atomic E-state index is -0.871. The van der Waals surface area contributed by atoms with Crippen molar-refractivity contribution in [3.05, 3.63) is 59.7 Å². The standard InChI is InChI=1S/C26H30N2O5/c1-16(14-24(29)28-13-7-12-18(17(28)2)25(30)31)27-26(32)33-15-23-21-10-5-3-8-19(21)20-9-4-6-11-22(20)23/h3-6,8-11,16-18,23H,7,12-15H2,1-2H3,(H,27,32)(H,30,31)/t16-,17+,18+/m0/s1. The molecule has 2 aromatic rings. The molecule has 7 heteroatoms. The van der Waals surface area contributed by atoms with Crippen LogP contribution in [0.4, 0.5) is 4.79 Å². The summed E-state index contributed by atoms with van der Waals surface area (Å²) in [6.07, 6.45) is 0.780. The number of ether oxygens (including phenoxy) is 1. The third-order valence-corrected chi connectivity index (χ3v) is 6.81. The maximum absolute atomic E-state index is 12.8. The summed E-state index contributed by atoms with van der Waals surface area (Å²) in [5.41, 5.74) is 4.61. The van der Waals surface area contributed by atoms with Gasteiger partial charge in [0.15, 0.2) is 0 Å². The molecule has 4 rings (SSSR count). The molecule has 1 fully saturated rings. The summed E-state index contributed by atoms with van der Waals surface area (Å²) in [7, 11) is 0. The summed E-state index contributed by atoms with van der Waals surface area (Å²) in [4.78, 5) is 38.3. The van der Waals surface area contributed by atoms with E-state index in [4.69, 9.17) is 4.74 Å². The lowest BCUT2D eigenvalue weighted by molar-refractivity contribution is -0.149. The number of nitrogens with one attached hydrogen (secondary N) is 1. The first-order valence-electron chi connectivity index (χ1n) is 11.5. The van der Waals surface area contributed by atoms with Gasteiger partial charge >= 0.3 is 12.1 Å². The van der Waals surface area contributed by atoms with Crippen LogP contribution in [0.25, 0.3) is 11.1 Å². The van der Waals surface area contributed by atoms with Crippen LogP contribution in [0.15, 0.2) is 48.5 Å². The highest BCUT2D eigenvalue weighted by Crippen LogP contribution is 2.44. The molecule has 1 saturated heterocycles. The zero-order valence-electron chi connectivity index (χ0n) is 19.0. The van der Waals surface area contributed by atoms with Crippen LogP contribution in [0.2, 0.25) is 0 Å². The zero-order valence-corrected chi connectivity index (χ0v) is 19.0. The van der Waals surface area contributed by atoms with Gasteiger partial charge in [0.05, 0.1) is 5.92 Å². The summed E-state index contributed by atoms with van der Waals surface area (Å²) >= 11 is 0. The van der Waals surface area contributed by atoms with E-state index in [1.165, 1.54) is 0 Å². The molecule has 0 saturated carbocycles. The quantitative estimate of drug-likeness (QED) is 0.693. The second kappa shape index (κ2) is 9.65. The van der Waals surface area contributed by atoms with E-state index in [9.17, 15) is 19.5 Å². The van der Waals surface area contributed by atoms with Crippen molar-refractivity contribution in [3.8, 4) is 11.1 Å². The van der Waals surface area contributed by atoms with Crippen LogP contribution in [0.3, 0.4) is 0 Å². The first kappa shape index (κ1) is 22.8. The third kappa shape index (κ3) is 4.72. The Morgan fingerprint density at radius 2 is 1.70 bits per heavy atom. The van der Waals surface area contributed by atoms with Gasteiger partial charge in [-0.05, 0) is 48.9 Å². The first-order chi connectivity index (χ1) is 15.9. The molecule has 0 aromatic heterocycles. The molecule has 1 aliphatic heterocycles. The van der Waals surface area contributed by atoms with E-state index in [-0.39, 0.29) is 30.9 Å². The van der Waals surface area contributed by atoms with Crippen molar-refractivity contribution in [1.82, 2.24) is 10.2 Å². The Bertz CT molecular complexity index is 1010. The maximum Gasteiger partial charge on any atom is 0.407 e. The van der Waals surface area contributed by atoms with Gasteiger partial charge in [-0.3, -0.25) is 9.59 Å². The monoisotopic (exact) mass is 450 g/mol. The Hall–Kier alpha value is -3.35. The summed E-state index contributed by atoms with van der Waals surface area (Å²) in [5.74, 6) is -1.60. The second-order valence-electron chi connectivity index (χ2n) is 8.99. The number of fused-ring (bicyclic) bond motifs is 3. The normalized spacial score (nSPS) is 20.5. The molecule has 174 valence electrons. The van der Waals surface area contributed by atoms with Crippen LogP contribution in [0, 0.1) is 5.92 Å². The Morgan fingerprint density at radius 1 is 1.09 bits per heavy atom. The van der Waals surface area contributed by atoms with Gasteiger partial charge in [0.1, 0.15) is 6.61 Å². The lowest BCUT2D eigenvalue weighted by atomic mass is 9.90. The smallest absolute Gasteiger partial charge is 0.407 e. The minimum Gasteiger partial charge on any atom is -0.481 e. The number of nitrogens with zero attached hydrogens (tertiary/aromatic N) is 1. The van der Waals surface area contributed by atoms with E-state index in [1.807, 2.05) is 24.3 Å². The molecule has 1 aliphatic carbocycles. The van der Waals surface area contributed by atoms with Crippen LogP contribution in [-0.2, 0) is 14.3 Å². The van der Waals surface area contributed by atoms with Gasteiger partial charge in [-0.25, -0.2) is 4.79 Å². The SMILES string of the molecule is C[C@@H]1[C@H](C(=O)O)CCCN1C(=O)C[C@H](C)NC(=O)OCC1c2ccccc2-c2ccccc21. The molecule has 0 spiro atoms. The van der Waals surface area contributed by atoms with E-state index in [0.717, 1.165) is 22.3 Å². The van der Waals surface area contributed by atoms with Crippen molar-refractivity contribution in [3.63, 3.8) is 0 Å². The van der Waals surface area contributed by atoms with Crippen molar-refractivity contribution in [1.29, 1.82) is 0 Å². The molecule has 1 heterocycles. The Kier molecular flexibility index (Phi) is 6.67. The Balaban J connectivity index is 1.31. The van der Waals surface area contributed by atoms with E-state index in [2.05, 4.69) is 29.6 Å². The molecule has 2 amide bonds.